The lowest BCUT2D eigenvalue weighted by Gasteiger charge is -2.46. The van der Waals surface area contributed by atoms with Crippen molar-refractivity contribution in [3.63, 3.8) is 0 Å². The van der Waals surface area contributed by atoms with Crippen molar-refractivity contribution < 1.29 is 46.3 Å². The summed E-state index contributed by atoms with van der Waals surface area (Å²) in [5, 5.41) is 0.590. The summed E-state index contributed by atoms with van der Waals surface area (Å²) in [6.45, 7) is 49.5. The van der Waals surface area contributed by atoms with E-state index in [1.54, 1.807) is 14.2 Å². The smallest absolute Gasteiger partial charge is 0.248 e. The summed E-state index contributed by atoms with van der Waals surface area (Å²) in [5.41, 5.74) is 0.207. The molecule has 1 aliphatic heterocycles. The third-order valence-corrected chi connectivity index (χ3v) is 33.6. The zero-order valence-electron chi connectivity index (χ0n) is 45.3. The summed E-state index contributed by atoms with van der Waals surface area (Å²) in [6, 6.07) is 7.90. The molecule has 1 aliphatic rings. The van der Waals surface area contributed by atoms with E-state index in [4.69, 9.17) is 36.8 Å². The number of ether oxygens (including phenoxy) is 3. The minimum atomic E-state index is -2.59. The van der Waals surface area contributed by atoms with E-state index in [-0.39, 0.29) is 63.5 Å². The average molecular weight is 971 g/mol. The van der Waals surface area contributed by atoms with E-state index in [0.29, 0.717) is 13.2 Å². The average Bonchev–Trinajstić information content (AvgIpc) is 3.84. The fraction of sp³-hybridized carbons (Fsp3) is 0.837. The maximum Gasteiger partial charge on any atom is 0.248 e. The van der Waals surface area contributed by atoms with Gasteiger partial charge in [0.25, 0.3) is 0 Å². The Labute approximate surface area is 395 Å². The van der Waals surface area contributed by atoms with Crippen molar-refractivity contribution in [2.75, 3.05) is 41.1 Å². The van der Waals surface area contributed by atoms with Crippen LogP contribution in [0.15, 0.2) is 24.3 Å². The molecule has 11 nitrogen and oxygen atoms in total. The van der Waals surface area contributed by atoms with Crippen LogP contribution in [-0.4, -0.2) is 115 Å². The second-order valence-corrected chi connectivity index (χ2v) is 43.9. The number of carbonyl (C=O) groups is 2. The molecule has 1 saturated heterocycles. The number of hydrogen-bond acceptors (Lipinski definition) is 10. The number of amides is 1. The summed E-state index contributed by atoms with van der Waals surface area (Å²) in [6.07, 6.45) is -1.79. The molecule has 372 valence electrons. The van der Waals surface area contributed by atoms with Gasteiger partial charge in [-0.1, -0.05) is 102 Å². The Kier molecular flexibility index (Phi) is 19.9. The molecule has 0 aliphatic carbocycles. The Morgan fingerprint density at radius 2 is 1.12 bits per heavy atom. The quantitative estimate of drug-likeness (QED) is 0.0563. The molecule has 1 heterocycles. The second-order valence-electron chi connectivity index (χ2n) is 24.8. The number of ketones is 1. The Morgan fingerprint density at radius 3 is 1.55 bits per heavy atom. The van der Waals surface area contributed by atoms with Crippen LogP contribution in [0.4, 0.5) is 0 Å². The third-order valence-electron chi connectivity index (χ3n) is 15.7. The molecule has 64 heavy (non-hydrogen) atoms. The van der Waals surface area contributed by atoms with Gasteiger partial charge in [-0.25, -0.2) is 5.06 Å². The number of hydrogen-bond donors (Lipinski definition) is 0. The highest BCUT2D eigenvalue weighted by atomic mass is 28.4. The van der Waals surface area contributed by atoms with Crippen molar-refractivity contribution in [2.45, 2.75) is 206 Å². The van der Waals surface area contributed by atoms with Crippen LogP contribution < -0.4 is 4.74 Å². The normalized spacial score (nSPS) is 20.6. The molecule has 0 saturated carbocycles. The van der Waals surface area contributed by atoms with E-state index in [1.165, 1.54) is 12.2 Å². The van der Waals surface area contributed by atoms with E-state index >= 15 is 4.79 Å². The van der Waals surface area contributed by atoms with Crippen LogP contribution in [0, 0.1) is 17.8 Å². The first-order valence-corrected chi connectivity index (χ1v) is 35.2. The minimum absolute atomic E-state index is 0.0135. The zero-order chi connectivity index (χ0) is 49.9. The Morgan fingerprint density at radius 1 is 0.688 bits per heavy atom. The molecule has 1 aromatic carbocycles. The van der Waals surface area contributed by atoms with Crippen LogP contribution in [0.3, 0.4) is 0 Å². The largest absolute Gasteiger partial charge is 0.497 e. The lowest BCUT2D eigenvalue weighted by Crippen LogP contribution is -2.57. The van der Waals surface area contributed by atoms with Gasteiger partial charge in [0.05, 0.1) is 64.0 Å². The van der Waals surface area contributed by atoms with Gasteiger partial charge in [-0.15, -0.1) is 0 Å². The van der Waals surface area contributed by atoms with Crippen LogP contribution in [0.2, 0.25) is 72.5 Å². The third kappa shape index (κ3) is 15.1. The molecule has 0 spiro atoms. The maximum absolute atomic E-state index is 16.4. The van der Waals surface area contributed by atoms with Crippen molar-refractivity contribution in [1.82, 2.24) is 5.06 Å². The number of Topliss-reactive ketones (excluding diaryl/α,β-unsaturated/α-hetero) is 1. The maximum atomic E-state index is 16.4. The van der Waals surface area contributed by atoms with Crippen LogP contribution in [0.5, 0.6) is 5.75 Å². The van der Waals surface area contributed by atoms with Crippen molar-refractivity contribution in [2.24, 2.45) is 17.8 Å². The Bertz CT molecular complexity index is 1660. The van der Waals surface area contributed by atoms with E-state index in [9.17, 15) is 4.79 Å². The van der Waals surface area contributed by atoms with E-state index in [0.717, 1.165) is 11.3 Å². The summed E-state index contributed by atoms with van der Waals surface area (Å²) >= 11 is 0. The number of methoxy groups -OCH3 is 1. The number of hydroxylamine groups is 2. The highest BCUT2D eigenvalue weighted by Crippen LogP contribution is 2.52. The monoisotopic (exact) mass is 970 g/mol. The van der Waals surface area contributed by atoms with Crippen molar-refractivity contribution in [1.29, 1.82) is 0 Å². The molecule has 1 aromatic rings. The van der Waals surface area contributed by atoms with Gasteiger partial charge < -0.3 is 31.9 Å². The number of epoxide rings is 1. The van der Waals surface area contributed by atoms with Crippen LogP contribution in [0.25, 0.3) is 0 Å². The van der Waals surface area contributed by atoms with Crippen molar-refractivity contribution in [3.8, 4) is 5.75 Å². The Balaban J connectivity index is 2.91. The number of carbonyl (C=O) groups excluding carboxylic acids is 2. The highest BCUT2D eigenvalue weighted by Gasteiger charge is 2.65. The standard InChI is InChI=1S/C49H95NO10Si4/c1-35(31-55-32-36-26-28-37(53-16)29-27-36)43-49(14,58-43)44(60-64(24,25)48(11,12)13)39(34-57-62(20,21)46(5,6)7)42(52)38(33-56-61(18,19)45(2,3)4)40(30-41(51)50(15)54-17)59-63(22,23)47(8,9)10/h26-29,35,38-40,43-44H,30-34H2,1-25H3/t35-,38-,39-,40+,43+,44-,49-/m0/s1. The summed E-state index contributed by atoms with van der Waals surface area (Å²) < 4.78 is 47.5. The van der Waals surface area contributed by atoms with Gasteiger partial charge in [-0.05, 0) is 97.1 Å². The fourth-order valence-electron chi connectivity index (χ4n) is 6.63. The van der Waals surface area contributed by atoms with Gasteiger partial charge in [0, 0.05) is 26.2 Å². The fourth-order valence-corrected chi connectivity index (χ4v) is 11.4. The van der Waals surface area contributed by atoms with Gasteiger partial charge in [0.2, 0.25) is 5.91 Å². The highest BCUT2D eigenvalue weighted by molar-refractivity contribution is 6.75. The molecule has 0 N–H and O–H groups in total. The number of rotatable bonds is 24. The summed E-state index contributed by atoms with van der Waals surface area (Å²) in [4.78, 5) is 35.8. The molecule has 0 bridgehead atoms. The summed E-state index contributed by atoms with van der Waals surface area (Å²) in [5.74, 6) is -1.19. The lowest BCUT2D eigenvalue weighted by atomic mass is 9.79. The Hall–Kier alpha value is -1.25. The lowest BCUT2D eigenvalue weighted by molar-refractivity contribution is -0.171. The molecular formula is C49H95NO10Si4. The molecule has 2 rings (SSSR count). The molecule has 0 unspecified atom stereocenters. The van der Waals surface area contributed by atoms with Gasteiger partial charge in [-0.3, -0.25) is 14.4 Å². The van der Waals surface area contributed by atoms with E-state index in [2.05, 4.69) is 149 Å². The van der Waals surface area contributed by atoms with Gasteiger partial charge in [-0.2, -0.15) is 0 Å². The SMILES string of the molecule is COc1ccc(COC[C@H](C)[C@H]2O[C@]2(C)[C@@H](O[Si](C)(C)C(C)(C)C)[C@@H](CO[Si](C)(C)C(C)(C)C)C(=O)[C@@H](CO[Si](C)(C)C(C)(C)C)[C@@H](CC(=O)N(C)OC)O[Si](C)(C)C(C)(C)C)cc1. The predicted octanol–water partition coefficient (Wildman–Crippen LogP) is 12.0. The van der Waals surface area contributed by atoms with E-state index in [1.807, 2.05) is 24.3 Å². The molecule has 1 fully saturated rings. The molecular weight excluding hydrogens is 875 g/mol. The van der Waals surface area contributed by atoms with Crippen molar-refractivity contribution in [3.05, 3.63) is 29.8 Å². The molecule has 0 radical (unpaired) electrons. The number of nitrogens with zero attached hydrogens (tertiary/aromatic N) is 1. The molecule has 15 heteroatoms. The first-order valence-electron chi connectivity index (χ1n) is 23.6. The van der Waals surface area contributed by atoms with E-state index < -0.39 is 62.9 Å². The van der Waals surface area contributed by atoms with Gasteiger partial charge >= 0.3 is 0 Å². The minimum Gasteiger partial charge on any atom is -0.497 e. The first kappa shape index (κ1) is 58.9. The van der Waals surface area contributed by atoms with Crippen LogP contribution in [0.1, 0.15) is 109 Å². The second kappa shape index (κ2) is 21.6. The van der Waals surface area contributed by atoms with Gasteiger partial charge in [0.15, 0.2) is 33.3 Å². The summed E-state index contributed by atoms with van der Waals surface area (Å²) in [7, 11) is -5.30. The zero-order valence-corrected chi connectivity index (χ0v) is 49.3. The van der Waals surface area contributed by atoms with Crippen LogP contribution in [-0.2, 0) is 48.2 Å². The molecule has 0 aromatic heterocycles. The van der Waals surface area contributed by atoms with Gasteiger partial charge in [0.1, 0.15) is 17.1 Å². The molecule has 1 amide bonds. The topological polar surface area (TPSA) is 115 Å². The first-order chi connectivity index (χ1) is 28.7. The predicted molar refractivity (Wildman–Crippen MR) is 272 cm³/mol. The van der Waals surface area contributed by atoms with Crippen molar-refractivity contribution >= 4 is 45.0 Å². The van der Waals surface area contributed by atoms with Crippen LogP contribution >= 0.6 is 0 Å². The number of benzene rings is 1. The molecule has 7 atom stereocenters.